The topological polar surface area (TPSA) is 130 Å². The molecule has 0 aliphatic carbocycles. The van der Waals surface area contributed by atoms with Gasteiger partial charge < -0.3 is 29.8 Å². The van der Waals surface area contributed by atoms with Gasteiger partial charge in [-0.15, -0.1) is 0 Å². The first-order chi connectivity index (χ1) is 17.2. The molecule has 2 aliphatic heterocycles. The van der Waals surface area contributed by atoms with Crippen molar-refractivity contribution in [3.05, 3.63) is 41.0 Å². The van der Waals surface area contributed by atoms with Crippen molar-refractivity contribution < 1.29 is 33.6 Å². The summed E-state index contributed by atoms with van der Waals surface area (Å²) in [4.78, 5) is 28.8. The summed E-state index contributed by atoms with van der Waals surface area (Å²) < 4.78 is 23.2. The van der Waals surface area contributed by atoms with E-state index in [0.29, 0.717) is 47.9 Å². The van der Waals surface area contributed by atoms with Crippen molar-refractivity contribution >= 4 is 28.6 Å². The Labute approximate surface area is 214 Å². The van der Waals surface area contributed by atoms with Gasteiger partial charge in [0.05, 0.1) is 38.1 Å². The zero-order valence-electron chi connectivity index (χ0n) is 20.8. The molecule has 2 heterocycles. The highest BCUT2D eigenvalue weighted by Gasteiger charge is 2.43. The minimum absolute atomic E-state index is 0.125. The molecule has 2 aromatic rings. The van der Waals surface area contributed by atoms with Gasteiger partial charge in [0.1, 0.15) is 11.4 Å². The predicted molar refractivity (Wildman–Crippen MR) is 137 cm³/mol. The van der Waals surface area contributed by atoms with Gasteiger partial charge in [0.2, 0.25) is 11.5 Å². The number of carbonyl (C=O) groups excluding carboxylic acids is 2. The highest BCUT2D eigenvalue weighted by atomic mass is 32.2. The quantitative estimate of drug-likeness (QED) is 0.513. The van der Waals surface area contributed by atoms with E-state index >= 15 is 0 Å². The molecular formula is C26H30N2O7S. The number of aromatic hydroxyl groups is 1. The normalized spacial score (nSPS) is 21.0. The number of rotatable bonds is 9. The molecule has 0 saturated heterocycles. The third kappa shape index (κ3) is 4.82. The Morgan fingerprint density at radius 1 is 1.19 bits per heavy atom. The molecule has 2 unspecified atom stereocenters. The third-order valence-electron chi connectivity index (χ3n) is 6.65. The molecule has 1 amide bonds. The molecule has 2 aliphatic rings. The number of aliphatic imine (C=N–C) groups is 1. The number of hydrogen-bond donors (Lipinski definition) is 2. The van der Waals surface area contributed by atoms with Crippen molar-refractivity contribution in [1.29, 1.82) is 0 Å². The number of ketones is 1. The lowest BCUT2D eigenvalue weighted by Gasteiger charge is -2.38. The Kier molecular flexibility index (Phi) is 7.35. The van der Waals surface area contributed by atoms with Gasteiger partial charge in [0, 0.05) is 12.0 Å². The number of carbonyl (C=O) groups is 2. The summed E-state index contributed by atoms with van der Waals surface area (Å²) in [6.07, 6.45) is 1.74. The molecule has 192 valence electrons. The molecule has 36 heavy (non-hydrogen) atoms. The van der Waals surface area contributed by atoms with E-state index in [2.05, 4.69) is 4.99 Å². The number of thioether (sulfide) groups is 1. The van der Waals surface area contributed by atoms with Crippen molar-refractivity contribution in [3.8, 4) is 28.7 Å². The van der Waals surface area contributed by atoms with E-state index < -0.39 is 5.60 Å². The molecule has 0 fully saturated rings. The van der Waals surface area contributed by atoms with Gasteiger partial charge in [-0.1, -0.05) is 30.8 Å². The van der Waals surface area contributed by atoms with Crippen LogP contribution in [0.1, 0.15) is 47.7 Å². The van der Waals surface area contributed by atoms with Crippen molar-refractivity contribution in [1.82, 2.24) is 0 Å². The summed E-state index contributed by atoms with van der Waals surface area (Å²) in [5, 5.41) is 10.5. The summed E-state index contributed by atoms with van der Waals surface area (Å²) in [5.74, 6) is 0.837. The number of nitrogens with two attached hydrogens (primary N) is 1. The van der Waals surface area contributed by atoms with E-state index in [-0.39, 0.29) is 46.4 Å². The zero-order chi connectivity index (χ0) is 26.0. The van der Waals surface area contributed by atoms with E-state index in [1.807, 2.05) is 31.2 Å². The Balaban J connectivity index is 1.44. The molecular weight excluding hydrogens is 484 g/mol. The molecule has 10 heteroatoms. The maximum absolute atomic E-state index is 13.2. The standard InChI is InChI=1S/C26H30N2O7S/c1-5-26(13-17(29)19-14(2)20(30)22(32-3)23(33-4)21(19)35-26)10-11-34-16-8-6-15(7-9-16)12-18-24(31)28-25(27)36-18/h6-9,18,30H,5,10-13H2,1-4H3,(H2,27,28,31). The van der Waals surface area contributed by atoms with Crippen LogP contribution in [0.3, 0.4) is 0 Å². The van der Waals surface area contributed by atoms with Gasteiger partial charge in [-0.3, -0.25) is 9.59 Å². The number of methoxy groups -OCH3 is 2. The maximum Gasteiger partial charge on any atom is 0.261 e. The van der Waals surface area contributed by atoms with Crippen molar-refractivity contribution in [2.24, 2.45) is 10.7 Å². The first-order valence-electron chi connectivity index (χ1n) is 11.7. The monoisotopic (exact) mass is 514 g/mol. The molecule has 2 atom stereocenters. The molecule has 2 aromatic carbocycles. The number of amidine groups is 1. The summed E-state index contributed by atoms with van der Waals surface area (Å²) in [5.41, 5.74) is 6.55. The molecule has 0 spiro atoms. The van der Waals surface area contributed by atoms with Gasteiger partial charge >= 0.3 is 0 Å². The Hall–Kier alpha value is -3.40. The van der Waals surface area contributed by atoms with E-state index in [4.69, 9.17) is 24.7 Å². The smallest absolute Gasteiger partial charge is 0.261 e. The van der Waals surface area contributed by atoms with E-state index in [1.54, 1.807) is 6.92 Å². The number of phenolic OH excluding ortho intramolecular Hbond substituents is 1. The summed E-state index contributed by atoms with van der Waals surface area (Å²) in [6.45, 7) is 3.95. The van der Waals surface area contributed by atoms with Gasteiger partial charge in [-0.25, -0.2) is 0 Å². The van der Waals surface area contributed by atoms with Crippen LogP contribution in [-0.2, 0) is 11.2 Å². The van der Waals surface area contributed by atoms with Crippen LogP contribution in [0.5, 0.6) is 28.7 Å². The van der Waals surface area contributed by atoms with Crippen LogP contribution in [0.4, 0.5) is 0 Å². The highest BCUT2D eigenvalue weighted by Crippen LogP contribution is 2.53. The first kappa shape index (κ1) is 25.7. The summed E-state index contributed by atoms with van der Waals surface area (Å²) in [7, 11) is 2.87. The largest absolute Gasteiger partial charge is 0.504 e. The minimum atomic E-state index is -0.786. The molecule has 0 aromatic heterocycles. The number of Topliss-reactive ketones (excluding diaryl/α,β-unsaturated/α-hetero) is 1. The van der Waals surface area contributed by atoms with E-state index in [0.717, 1.165) is 5.56 Å². The molecule has 0 radical (unpaired) electrons. The molecule has 3 N–H and O–H groups in total. The summed E-state index contributed by atoms with van der Waals surface area (Å²) in [6, 6.07) is 7.53. The summed E-state index contributed by atoms with van der Waals surface area (Å²) >= 11 is 1.28. The fourth-order valence-corrected chi connectivity index (χ4v) is 5.42. The molecule has 9 nitrogen and oxygen atoms in total. The van der Waals surface area contributed by atoms with Crippen LogP contribution in [0.15, 0.2) is 29.3 Å². The average molecular weight is 515 g/mol. The van der Waals surface area contributed by atoms with Gasteiger partial charge in [-0.05, 0) is 37.5 Å². The number of ether oxygens (including phenoxy) is 4. The Morgan fingerprint density at radius 3 is 2.47 bits per heavy atom. The first-order valence-corrected chi connectivity index (χ1v) is 12.6. The lowest BCUT2D eigenvalue weighted by Crippen LogP contribution is -2.43. The number of amides is 1. The highest BCUT2D eigenvalue weighted by molar-refractivity contribution is 8.15. The van der Waals surface area contributed by atoms with Crippen LogP contribution >= 0.6 is 11.8 Å². The average Bonchev–Trinajstić information content (AvgIpc) is 3.18. The Bertz CT molecular complexity index is 1210. The van der Waals surface area contributed by atoms with Crippen molar-refractivity contribution in [3.63, 3.8) is 0 Å². The second-order valence-corrected chi connectivity index (χ2v) is 10.0. The van der Waals surface area contributed by atoms with Gasteiger partial charge in [-0.2, -0.15) is 4.99 Å². The number of nitrogens with zero attached hydrogens (tertiary/aromatic N) is 1. The van der Waals surface area contributed by atoms with Crippen LogP contribution < -0.4 is 24.7 Å². The van der Waals surface area contributed by atoms with E-state index in [9.17, 15) is 14.7 Å². The maximum atomic E-state index is 13.2. The lowest BCUT2D eigenvalue weighted by molar-refractivity contribution is -0.117. The number of benzene rings is 2. The Morgan fingerprint density at radius 2 is 1.89 bits per heavy atom. The van der Waals surface area contributed by atoms with Crippen LogP contribution in [-0.4, -0.2) is 53.6 Å². The van der Waals surface area contributed by atoms with Crippen LogP contribution in [0.2, 0.25) is 0 Å². The molecule has 4 rings (SSSR count). The van der Waals surface area contributed by atoms with Gasteiger partial charge in [0.25, 0.3) is 5.91 Å². The van der Waals surface area contributed by atoms with Gasteiger partial charge in [0.15, 0.2) is 22.4 Å². The fraction of sp³-hybridized carbons (Fsp3) is 0.423. The fourth-order valence-electron chi connectivity index (χ4n) is 4.56. The minimum Gasteiger partial charge on any atom is -0.504 e. The van der Waals surface area contributed by atoms with Crippen LogP contribution in [0, 0.1) is 6.92 Å². The SMILES string of the molecule is CCC1(CCOc2ccc(CC3SC(N)=NC3=O)cc2)CC(=O)c2c(C)c(O)c(OC)c(OC)c2O1. The third-order valence-corrected chi connectivity index (χ3v) is 7.63. The predicted octanol–water partition coefficient (Wildman–Crippen LogP) is 3.80. The molecule has 0 saturated carbocycles. The lowest BCUT2D eigenvalue weighted by atomic mass is 9.83. The van der Waals surface area contributed by atoms with Crippen molar-refractivity contribution in [2.45, 2.75) is 50.4 Å². The van der Waals surface area contributed by atoms with E-state index in [1.165, 1.54) is 26.0 Å². The number of phenols is 1. The second-order valence-electron chi connectivity index (χ2n) is 8.82. The zero-order valence-corrected chi connectivity index (χ0v) is 21.6. The second kappa shape index (κ2) is 10.3. The van der Waals surface area contributed by atoms with Crippen LogP contribution in [0.25, 0.3) is 0 Å². The van der Waals surface area contributed by atoms with Crippen molar-refractivity contribution in [2.75, 3.05) is 20.8 Å². The number of hydrogen-bond acceptors (Lipinski definition) is 9. The number of fused-ring (bicyclic) bond motifs is 1. The molecule has 0 bridgehead atoms.